The van der Waals surface area contributed by atoms with Crippen molar-refractivity contribution in [2.45, 2.75) is 50.4 Å². The standard InChI is InChI=1S/C19H28N2O4/c1-4-7-20-18(23)10-13-9-15-14-8-12(21(2)3)5-6-16(14)25-19(15)17(11-22)24-13/h5-6,8,13,15,17,19,22H,4,7,9-11H2,1-3H3,(H,20,23)/t13-,15+,17-,19-/m0/s1. The molecule has 1 amide bonds. The first-order chi connectivity index (χ1) is 12.0. The number of fused-ring (bicyclic) bond motifs is 3. The lowest BCUT2D eigenvalue weighted by molar-refractivity contribution is -0.142. The molecule has 2 heterocycles. The fourth-order valence-corrected chi connectivity index (χ4v) is 3.70. The Balaban J connectivity index is 1.77. The number of hydrogen-bond acceptors (Lipinski definition) is 5. The molecule has 2 aliphatic heterocycles. The van der Waals surface area contributed by atoms with E-state index < -0.39 is 6.10 Å². The second-order valence-corrected chi connectivity index (χ2v) is 7.07. The zero-order chi connectivity index (χ0) is 18.0. The Hall–Kier alpha value is -1.79. The van der Waals surface area contributed by atoms with E-state index in [0.29, 0.717) is 13.0 Å². The molecule has 2 N–H and O–H groups in total. The molecule has 4 atom stereocenters. The average Bonchev–Trinajstić information content (AvgIpc) is 2.97. The van der Waals surface area contributed by atoms with E-state index in [1.807, 2.05) is 33.2 Å². The van der Waals surface area contributed by atoms with Gasteiger partial charge in [-0.15, -0.1) is 0 Å². The highest BCUT2D eigenvalue weighted by Crippen LogP contribution is 2.47. The SMILES string of the molecule is CCCNC(=O)C[C@@H]1C[C@@H]2c3cc(N(C)C)ccc3O[C@@H]2[C@H](CO)O1. The summed E-state index contributed by atoms with van der Waals surface area (Å²) < 4.78 is 12.0. The van der Waals surface area contributed by atoms with E-state index in [9.17, 15) is 9.90 Å². The molecular weight excluding hydrogens is 320 g/mol. The molecule has 2 aliphatic rings. The smallest absolute Gasteiger partial charge is 0.222 e. The Labute approximate surface area is 149 Å². The van der Waals surface area contributed by atoms with E-state index in [2.05, 4.69) is 16.3 Å². The van der Waals surface area contributed by atoms with Crippen molar-refractivity contribution < 1.29 is 19.4 Å². The molecule has 0 unspecified atom stereocenters. The molecule has 138 valence electrons. The number of aliphatic hydroxyl groups excluding tert-OH is 1. The van der Waals surface area contributed by atoms with Crippen LogP contribution in [0, 0.1) is 0 Å². The molecule has 1 aromatic carbocycles. The first-order valence-electron chi connectivity index (χ1n) is 9.04. The maximum absolute atomic E-state index is 12.1. The van der Waals surface area contributed by atoms with Crippen LogP contribution in [0.5, 0.6) is 5.75 Å². The first kappa shape index (κ1) is 18.0. The molecule has 3 rings (SSSR count). The number of amides is 1. The van der Waals surface area contributed by atoms with Gasteiger partial charge in [-0.1, -0.05) is 6.92 Å². The zero-order valence-corrected chi connectivity index (χ0v) is 15.2. The fraction of sp³-hybridized carbons (Fsp3) is 0.632. The van der Waals surface area contributed by atoms with Crippen molar-refractivity contribution in [2.24, 2.45) is 0 Å². The highest BCUT2D eigenvalue weighted by Gasteiger charge is 2.46. The van der Waals surface area contributed by atoms with Crippen molar-refractivity contribution in [3.05, 3.63) is 23.8 Å². The van der Waals surface area contributed by atoms with Crippen molar-refractivity contribution in [2.75, 3.05) is 32.1 Å². The van der Waals surface area contributed by atoms with Gasteiger partial charge < -0.3 is 24.8 Å². The third-order valence-electron chi connectivity index (χ3n) is 4.98. The second kappa shape index (κ2) is 7.62. The average molecular weight is 348 g/mol. The van der Waals surface area contributed by atoms with Crippen LogP contribution in [0.3, 0.4) is 0 Å². The van der Waals surface area contributed by atoms with Gasteiger partial charge in [-0.25, -0.2) is 0 Å². The molecule has 1 fully saturated rings. The third kappa shape index (κ3) is 3.75. The third-order valence-corrected chi connectivity index (χ3v) is 4.98. The summed E-state index contributed by atoms with van der Waals surface area (Å²) in [5.41, 5.74) is 2.27. The van der Waals surface area contributed by atoms with Crippen molar-refractivity contribution in [3.63, 3.8) is 0 Å². The van der Waals surface area contributed by atoms with Crippen LogP contribution in [0.25, 0.3) is 0 Å². The first-order valence-corrected chi connectivity index (χ1v) is 9.04. The predicted octanol–water partition coefficient (Wildman–Crippen LogP) is 1.66. The number of carbonyl (C=O) groups excluding carboxylic acids is 1. The van der Waals surface area contributed by atoms with Crippen molar-refractivity contribution in [3.8, 4) is 5.75 Å². The van der Waals surface area contributed by atoms with Gasteiger partial charge in [0, 0.05) is 37.8 Å². The topological polar surface area (TPSA) is 71.0 Å². The number of anilines is 1. The molecule has 0 bridgehead atoms. The minimum absolute atomic E-state index is 0.00294. The summed E-state index contributed by atoms with van der Waals surface area (Å²) in [4.78, 5) is 14.1. The summed E-state index contributed by atoms with van der Waals surface area (Å²) in [5.74, 6) is 1.01. The number of rotatable bonds is 6. The van der Waals surface area contributed by atoms with Crippen LogP contribution in [0.15, 0.2) is 18.2 Å². The fourth-order valence-electron chi connectivity index (χ4n) is 3.70. The van der Waals surface area contributed by atoms with E-state index >= 15 is 0 Å². The van der Waals surface area contributed by atoms with Crippen LogP contribution < -0.4 is 15.0 Å². The van der Waals surface area contributed by atoms with Crippen LogP contribution in [-0.4, -0.2) is 56.6 Å². The molecule has 0 saturated carbocycles. The lowest BCUT2D eigenvalue weighted by Crippen LogP contribution is -2.47. The van der Waals surface area contributed by atoms with Gasteiger partial charge in [0.2, 0.25) is 5.91 Å². The van der Waals surface area contributed by atoms with Gasteiger partial charge in [0.1, 0.15) is 18.0 Å². The Morgan fingerprint density at radius 2 is 2.20 bits per heavy atom. The molecular formula is C19H28N2O4. The summed E-state index contributed by atoms with van der Waals surface area (Å²) in [6, 6.07) is 6.16. The summed E-state index contributed by atoms with van der Waals surface area (Å²) in [5, 5.41) is 12.6. The number of carbonyl (C=O) groups is 1. The van der Waals surface area contributed by atoms with E-state index in [0.717, 1.165) is 29.8 Å². The number of nitrogens with zero attached hydrogens (tertiary/aromatic N) is 1. The molecule has 6 heteroatoms. The quantitative estimate of drug-likeness (QED) is 0.818. The Bertz CT molecular complexity index is 619. The van der Waals surface area contributed by atoms with Gasteiger partial charge in [0.15, 0.2) is 0 Å². The molecule has 6 nitrogen and oxygen atoms in total. The van der Waals surface area contributed by atoms with Crippen LogP contribution in [-0.2, 0) is 9.53 Å². The Kier molecular flexibility index (Phi) is 5.49. The van der Waals surface area contributed by atoms with Gasteiger partial charge in [-0.05, 0) is 31.0 Å². The van der Waals surface area contributed by atoms with Crippen molar-refractivity contribution >= 4 is 11.6 Å². The van der Waals surface area contributed by atoms with Crippen molar-refractivity contribution in [1.82, 2.24) is 5.32 Å². The van der Waals surface area contributed by atoms with Crippen LogP contribution in [0.2, 0.25) is 0 Å². The van der Waals surface area contributed by atoms with Gasteiger partial charge in [0.25, 0.3) is 0 Å². The van der Waals surface area contributed by atoms with Crippen LogP contribution >= 0.6 is 0 Å². The molecule has 0 radical (unpaired) electrons. The Morgan fingerprint density at radius 1 is 1.40 bits per heavy atom. The summed E-state index contributed by atoms with van der Waals surface area (Å²) >= 11 is 0. The van der Waals surface area contributed by atoms with Gasteiger partial charge in [-0.2, -0.15) is 0 Å². The second-order valence-electron chi connectivity index (χ2n) is 7.07. The number of benzene rings is 1. The predicted molar refractivity (Wildman–Crippen MR) is 96.2 cm³/mol. The van der Waals surface area contributed by atoms with E-state index in [4.69, 9.17) is 9.47 Å². The minimum Gasteiger partial charge on any atom is -0.487 e. The van der Waals surface area contributed by atoms with Crippen molar-refractivity contribution in [1.29, 1.82) is 0 Å². The summed E-state index contributed by atoms with van der Waals surface area (Å²) in [7, 11) is 4.02. The zero-order valence-electron chi connectivity index (χ0n) is 15.2. The largest absolute Gasteiger partial charge is 0.487 e. The van der Waals surface area contributed by atoms with Crippen LogP contribution in [0.4, 0.5) is 5.69 Å². The maximum atomic E-state index is 12.1. The summed E-state index contributed by atoms with van der Waals surface area (Å²) in [6.07, 6.45) is 1.17. The highest BCUT2D eigenvalue weighted by molar-refractivity contribution is 5.76. The molecule has 0 spiro atoms. The van der Waals surface area contributed by atoms with E-state index in [-0.39, 0.29) is 30.6 Å². The number of nitrogens with one attached hydrogen (secondary N) is 1. The molecule has 25 heavy (non-hydrogen) atoms. The monoisotopic (exact) mass is 348 g/mol. The summed E-state index contributed by atoms with van der Waals surface area (Å²) in [6.45, 7) is 2.60. The molecule has 1 saturated heterocycles. The lowest BCUT2D eigenvalue weighted by atomic mass is 9.84. The van der Waals surface area contributed by atoms with E-state index in [1.165, 1.54) is 0 Å². The van der Waals surface area contributed by atoms with E-state index in [1.54, 1.807) is 0 Å². The van der Waals surface area contributed by atoms with Gasteiger partial charge in [0.05, 0.1) is 19.1 Å². The Morgan fingerprint density at radius 3 is 2.88 bits per heavy atom. The number of aliphatic hydroxyl groups is 1. The molecule has 1 aromatic rings. The van der Waals surface area contributed by atoms with Gasteiger partial charge >= 0.3 is 0 Å². The number of ether oxygens (including phenoxy) is 2. The normalized spacial score (nSPS) is 27.2. The number of hydrogen-bond donors (Lipinski definition) is 2. The van der Waals surface area contributed by atoms with Crippen LogP contribution in [0.1, 0.15) is 37.7 Å². The lowest BCUT2D eigenvalue weighted by Gasteiger charge is -2.37. The highest BCUT2D eigenvalue weighted by atomic mass is 16.6. The molecule has 0 aliphatic carbocycles. The maximum Gasteiger partial charge on any atom is 0.222 e. The van der Waals surface area contributed by atoms with Gasteiger partial charge in [-0.3, -0.25) is 4.79 Å². The molecule has 0 aromatic heterocycles. The minimum atomic E-state index is -0.405.